The van der Waals surface area contributed by atoms with Crippen LogP contribution >= 0.6 is 24.0 Å². The fourth-order valence-electron chi connectivity index (χ4n) is 2.33. The van der Waals surface area contributed by atoms with Crippen LogP contribution < -0.4 is 10.1 Å². The minimum absolute atomic E-state index is 0. The number of hydrogen-bond acceptors (Lipinski definition) is 4. The second-order valence-electron chi connectivity index (χ2n) is 4.96. The number of aliphatic hydroxyl groups is 1. The van der Waals surface area contributed by atoms with Gasteiger partial charge in [-0.25, -0.2) is 9.98 Å². The van der Waals surface area contributed by atoms with Gasteiger partial charge in [-0.1, -0.05) is 6.07 Å². The number of aliphatic hydroxyl groups excluding tert-OH is 1. The normalized spacial score (nSPS) is 18.0. The standard InChI is InChI=1S/C15H24N4O2.HI/c1-3-16-15(19-9-7-13(20)11-19)18-10-12-6-5-8-17-14(12)21-4-2;/h5-6,8,13,20H,3-4,7,9-11H2,1-2H3,(H,16,18);1H/t13-;/m1./s1. The second kappa shape index (κ2) is 9.83. The van der Waals surface area contributed by atoms with Crippen LogP contribution in [-0.2, 0) is 6.54 Å². The number of nitrogens with one attached hydrogen (secondary N) is 1. The van der Waals surface area contributed by atoms with Gasteiger partial charge >= 0.3 is 0 Å². The van der Waals surface area contributed by atoms with Crippen molar-refractivity contribution in [3.8, 4) is 5.88 Å². The highest BCUT2D eigenvalue weighted by atomic mass is 127. The molecule has 0 aromatic carbocycles. The van der Waals surface area contributed by atoms with Gasteiger partial charge in [-0.15, -0.1) is 24.0 Å². The summed E-state index contributed by atoms with van der Waals surface area (Å²) >= 11 is 0. The molecule has 0 unspecified atom stereocenters. The number of rotatable bonds is 5. The summed E-state index contributed by atoms with van der Waals surface area (Å²) in [6.45, 7) is 7.35. The van der Waals surface area contributed by atoms with Gasteiger partial charge in [0.05, 0.1) is 19.3 Å². The maximum atomic E-state index is 9.66. The molecule has 0 saturated carbocycles. The summed E-state index contributed by atoms with van der Waals surface area (Å²) in [4.78, 5) is 11.0. The molecule has 1 aliphatic heterocycles. The Kier molecular flexibility index (Phi) is 8.47. The van der Waals surface area contributed by atoms with E-state index in [-0.39, 0.29) is 30.1 Å². The van der Waals surface area contributed by atoms with E-state index >= 15 is 0 Å². The summed E-state index contributed by atoms with van der Waals surface area (Å²) in [5.41, 5.74) is 0.967. The molecular formula is C15H25IN4O2. The van der Waals surface area contributed by atoms with Crippen LogP contribution in [0, 0.1) is 0 Å². The lowest BCUT2D eigenvalue weighted by molar-refractivity contribution is 0.188. The molecule has 0 amide bonds. The third kappa shape index (κ3) is 5.28. The summed E-state index contributed by atoms with van der Waals surface area (Å²) < 4.78 is 5.52. The van der Waals surface area contributed by atoms with Gasteiger partial charge in [0, 0.05) is 31.4 Å². The van der Waals surface area contributed by atoms with Crippen LogP contribution in [-0.4, -0.2) is 53.3 Å². The Balaban J connectivity index is 0.00000242. The molecule has 0 bridgehead atoms. The molecule has 1 saturated heterocycles. The molecule has 0 aliphatic carbocycles. The van der Waals surface area contributed by atoms with Crippen molar-refractivity contribution in [1.82, 2.24) is 15.2 Å². The van der Waals surface area contributed by atoms with Crippen LogP contribution in [0.25, 0.3) is 0 Å². The molecule has 2 rings (SSSR count). The van der Waals surface area contributed by atoms with Crippen molar-refractivity contribution < 1.29 is 9.84 Å². The predicted molar refractivity (Wildman–Crippen MR) is 97.8 cm³/mol. The number of pyridine rings is 1. The van der Waals surface area contributed by atoms with Gasteiger partial charge in [0.25, 0.3) is 0 Å². The fourth-order valence-corrected chi connectivity index (χ4v) is 2.33. The highest BCUT2D eigenvalue weighted by molar-refractivity contribution is 14.0. The lowest BCUT2D eigenvalue weighted by Crippen LogP contribution is -2.40. The Morgan fingerprint density at radius 3 is 3.00 bits per heavy atom. The van der Waals surface area contributed by atoms with Crippen molar-refractivity contribution in [1.29, 1.82) is 0 Å². The third-order valence-corrected chi connectivity index (χ3v) is 3.33. The zero-order chi connectivity index (χ0) is 15.1. The first kappa shape index (κ1) is 19.0. The number of β-amino-alcohol motifs (C(OH)–C–C–N with tert-alkyl or cyclic N) is 1. The Morgan fingerprint density at radius 1 is 1.55 bits per heavy atom. The molecule has 7 heteroatoms. The monoisotopic (exact) mass is 420 g/mol. The Hall–Kier alpha value is -1.09. The zero-order valence-corrected chi connectivity index (χ0v) is 15.5. The second-order valence-corrected chi connectivity index (χ2v) is 4.96. The fraction of sp³-hybridized carbons (Fsp3) is 0.600. The topological polar surface area (TPSA) is 70.0 Å². The first-order valence-electron chi connectivity index (χ1n) is 7.52. The highest BCUT2D eigenvalue weighted by Crippen LogP contribution is 2.16. The van der Waals surface area contributed by atoms with E-state index in [1.165, 1.54) is 0 Å². The summed E-state index contributed by atoms with van der Waals surface area (Å²) in [6, 6.07) is 3.86. The van der Waals surface area contributed by atoms with Crippen molar-refractivity contribution in [3.05, 3.63) is 23.9 Å². The Morgan fingerprint density at radius 2 is 2.36 bits per heavy atom. The van der Waals surface area contributed by atoms with E-state index in [2.05, 4.69) is 20.2 Å². The zero-order valence-electron chi connectivity index (χ0n) is 13.2. The van der Waals surface area contributed by atoms with Gasteiger partial charge in [0.2, 0.25) is 5.88 Å². The number of aromatic nitrogens is 1. The van der Waals surface area contributed by atoms with Crippen LogP contribution in [0.1, 0.15) is 25.8 Å². The van der Waals surface area contributed by atoms with Crippen molar-refractivity contribution in [2.24, 2.45) is 4.99 Å². The summed E-state index contributed by atoms with van der Waals surface area (Å²) in [5, 5.41) is 12.9. The highest BCUT2D eigenvalue weighted by Gasteiger charge is 2.22. The minimum Gasteiger partial charge on any atom is -0.478 e. The predicted octanol–water partition coefficient (Wildman–Crippen LogP) is 1.63. The van der Waals surface area contributed by atoms with Crippen LogP contribution in [0.3, 0.4) is 0 Å². The number of hydrogen-bond donors (Lipinski definition) is 2. The Bertz CT molecular complexity index is 484. The van der Waals surface area contributed by atoms with E-state index in [0.29, 0.717) is 25.6 Å². The van der Waals surface area contributed by atoms with E-state index in [1.807, 2.05) is 26.0 Å². The number of likely N-dealkylation sites (tertiary alicyclic amines) is 1. The van der Waals surface area contributed by atoms with Gasteiger partial charge in [0.1, 0.15) is 0 Å². The molecule has 6 nitrogen and oxygen atoms in total. The molecule has 22 heavy (non-hydrogen) atoms. The first-order chi connectivity index (χ1) is 10.2. The summed E-state index contributed by atoms with van der Waals surface area (Å²) in [5.74, 6) is 1.47. The average Bonchev–Trinajstić information content (AvgIpc) is 2.91. The van der Waals surface area contributed by atoms with Crippen molar-refractivity contribution in [3.63, 3.8) is 0 Å². The molecule has 2 heterocycles. The van der Waals surface area contributed by atoms with E-state index in [9.17, 15) is 5.11 Å². The van der Waals surface area contributed by atoms with Crippen molar-refractivity contribution in [2.45, 2.75) is 32.9 Å². The smallest absolute Gasteiger partial charge is 0.218 e. The first-order valence-corrected chi connectivity index (χ1v) is 7.52. The van der Waals surface area contributed by atoms with Gasteiger partial charge in [-0.3, -0.25) is 0 Å². The quantitative estimate of drug-likeness (QED) is 0.431. The van der Waals surface area contributed by atoms with Crippen LogP contribution in [0.5, 0.6) is 5.88 Å². The third-order valence-electron chi connectivity index (χ3n) is 3.33. The van der Waals surface area contributed by atoms with Crippen LogP contribution in [0.15, 0.2) is 23.3 Å². The molecule has 2 N–H and O–H groups in total. The minimum atomic E-state index is -0.258. The molecule has 0 spiro atoms. The molecule has 1 aromatic rings. The van der Waals surface area contributed by atoms with Gasteiger partial charge in [-0.2, -0.15) is 0 Å². The summed E-state index contributed by atoms with van der Waals surface area (Å²) in [7, 11) is 0. The number of halogens is 1. The Labute approximate surface area is 149 Å². The molecule has 1 atom stereocenters. The van der Waals surface area contributed by atoms with E-state index in [0.717, 1.165) is 31.0 Å². The van der Waals surface area contributed by atoms with Gasteiger partial charge in [-0.05, 0) is 26.3 Å². The number of guanidine groups is 1. The number of nitrogens with zero attached hydrogens (tertiary/aromatic N) is 3. The van der Waals surface area contributed by atoms with Crippen LogP contribution in [0.4, 0.5) is 0 Å². The van der Waals surface area contributed by atoms with Crippen LogP contribution in [0.2, 0.25) is 0 Å². The molecule has 124 valence electrons. The molecular weight excluding hydrogens is 395 g/mol. The lowest BCUT2D eigenvalue weighted by Gasteiger charge is -2.21. The van der Waals surface area contributed by atoms with Gasteiger partial charge < -0.3 is 20.1 Å². The lowest BCUT2D eigenvalue weighted by atomic mass is 10.3. The van der Waals surface area contributed by atoms with E-state index < -0.39 is 0 Å². The number of aliphatic imine (C=N–C) groups is 1. The average molecular weight is 420 g/mol. The molecule has 1 aromatic heterocycles. The maximum absolute atomic E-state index is 9.66. The van der Waals surface area contributed by atoms with Crippen molar-refractivity contribution in [2.75, 3.05) is 26.2 Å². The van der Waals surface area contributed by atoms with Gasteiger partial charge in [0.15, 0.2) is 5.96 Å². The molecule has 1 fully saturated rings. The van der Waals surface area contributed by atoms with Crippen molar-refractivity contribution >= 4 is 29.9 Å². The SMILES string of the molecule is CCNC(=NCc1cccnc1OCC)N1CC[C@@H](O)C1.I. The number of ether oxygens (including phenoxy) is 1. The molecule has 0 radical (unpaired) electrons. The van der Waals surface area contributed by atoms with E-state index in [4.69, 9.17) is 4.74 Å². The largest absolute Gasteiger partial charge is 0.478 e. The summed E-state index contributed by atoms with van der Waals surface area (Å²) in [6.07, 6.45) is 2.26. The molecule has 1 aliphatic rings. The van der Waals surface area contributed by atoms with E-state index in [1.54, 1.807) is 6.20 Å². The maximum Gasteiger partial charge on any atom is 0.218 e.